The molecular formula is C8H11NO4S. The van der Waals surface area contributed by atoms with E-state index in [1.807, 2.05) is 0 Å². The van der Waals surface area contributed by atoms with Crippen LogP contribution >= 0.6 is 0 Å². The molecule has 0 saturated heterocycles. The summed E-state index contributed by atoms with van der Waals surface area (Å²) in [6.45, 7) is 1.49. The molecule has 1 rings (SSSR count). The first-order chi connectivity index (χ1) is 6.43. The Kier molecular flexibility index (Phi) is 2.85. The van der Waals surface area contributed by atoms with E-state index in [1.54, 1.807) is 0 Å². The van der Waals surface area contributed by atoms with Gasteiger partial charge in [-0.05, 0) is 6.92 Å². The Labute approximate surface area is 82.1 Å². The highest BCUT2D eigenvalue weighted by Crippen LogP contribution is 2.24. The van der Waals surface area contributed by atoms with Gasteiger partial charge in [0.05, 0.1) is 11.4 Å². The number of sulfonamides is 1. The second-order valence-corrected chi connectivity index (χ2v) is 4.75. The summed E-state index contributed by atoms with van der Waals surface area (Å²) in [4.78, 5) is 0. The maximum absolute atomic E-state index is 11.1. The number of phenolic OH excluding ortho intramolecular Hbond substituents is 2. The largest absolute Gasteiger partial charge is 0.508 e. The molecule has 3 N–H and O–H groups in total. The highest BCUT2D eigenvalue weighted by Gasteiger charge is 2.07. The van der Waals surface area contributed by atoms with Crippen LogP contribution in [-0.4, -0.2) is 24.4 Å². The fourth-order valence-corrected chi connectivity index (χ4v) is 1.53. The van der Waals surface area contributed by atoms with E-state index in [0.29, 0.717) is 0 Å². The molecule has 0 atom stereocenters. The maximum atomic E-state index is 11.1. The first-order valence-electron chi connectivity index (χ1n) is 3.96. The van der Waals surface area contributed by atoms with Crippen LogP contribution in [0.25, 0.3) is 0 Å². The Bertz CT molecular complexity index is 407. The molecule has 0 aromatic heterocycles. The van der Waals surface area contributed by atoms with Gasteiger partial charge in [0.2, 0.25) is 10.0 Å². The molecule has 0 aliphatic heterocycles. The Morgan fingerprint density at radius 3 is 2.14 bits per heavy atom. The van der Waals surface area contributed by atoms with Crippen LogP contribution in [0.15, 0.2) is 18.2 Å². The Balaban J connectivity index is 2.98. The van der Waals surface area contributed by atoms with Crippen molar-refractivity contribution in [2.45, 2.75) is 6.92 Å². The number of benzene rings is 1. The summed E-state index contributed by atoms with van der Waals surface area (Å²) in [6, 6.07) is 3.55. The standard InChI is InChI=1S/C8H11NO4S/c1-2-14(12,13)9-6-3-7(10)5-8(11)4-6/h3-5,9-11H,2H2,1H3. The molecule has 0 spiro atoms. The number of hydrogen-bond acceptors (Lipinski definition) is 4. The molecule has 0 saturated carbocycles. The molecule has 1 aromatic rings. The zero-order valence-corrected chi connectivity index (χ0v) is 8.37. The van der Waals surface area contributed by atoms with E-state index in [0.717, 1.165) is 6.07 Å². The third-order valence-corrected chi connectivity index (χ3v) is 2.86. The number of phenols is 2. The first-order valence-corrected chi connectivity index (χ1v) is 5.61. The first kappa shape index (κ1) is 10.6. The van der Waals surface area contributed by atoms with Gasteiger partial charge in [0.1, 0.15) is 11.5 Å². The third-order valence-electron chi connectivity index (χ3n) is 1.56. The molecule has 0 fully saturated rings. The predicted octanol–water partition coefficient (Wildman–Crippen LogP) is 0.859. The van der Waals surface area contributed by atoms with Crippen LogP contribution in [0.4, 0.5) is 5.69 Å². The number of rotatable bonds is 3. The normalized spacial score (nSPS) is 11.2. The quantitative estimate of drug-likeness (QED) is 0.700. The molecule has 78 valence electrons. The molecule has 5 nitrogen and oxygen atoms in total. The van der Waals surface area contributed by atoms with Crippen LogP contribution in [0.1, 0.15) is 6.92 Å². The molecule has 0 radical (unpaired) electrons. The monoisotopic (exact) mass is 217 g/mol. The van der Waals surface area contributed by atoms with Gasteiger partial charge < -0.3 is 10.2 Å². The topological polar surface area (TPSA) is 86.6 Å². The smallest absolute Gasteiger partial charge is 0.232 e. The summed E-state index contributed by atoms with van der Waals surface area (Å²) < 4.78 is 24.4. The molecule has 0 bridgehead atoms. The summed E-state index contributed by atoms with van der Waals surface area (Å²) in [5.74, 6) is -0.457. The van der Waals surface area contributed by atoms with Crippen molar-refractivity contribution in [3.63, 3.8) is 0 Å². The molecule has 14 heavy (non-hydrogen) atoms. The molecule has 0 aliphatic carbocycles. The van der Waals surface area contributed by atoms with E-state index in [4.69, 9.17) is 10.2 Å². The average Bonchev–Trinajstić information content (AvgIpc) is 2.01. The minimum absolute atomic E-state index is 0.0661. The highest BCUT2D eigenvalue weighted by atomic mass is 32.2. The van der Waals surface area contributed by atoms with Crippen molar-refractivity contribution in [1.29, 1.82) is 0 Å². The van der Waals surface area contributed by atoms with Crippen molar-refractivity contribution in [3.8, 4) is 11.5 Å². The van der Waals surface area contributed by atoms with Crippen LogP contribution in [0, 0.1) is 0 Å². The van der Waals surface area contributed by atoms with Crippen LogP contribution in [-0.2, 0) is 10.0 Å². The lowest BCUT2D eigenvalue weighted by atomic mass is 10.3. The summed E-state index contributed by atoms with van der Waals surface area (Å²) in [5, 5.41) is 18.1. The van der Waals surface area contributed by atoms with E-state index in [9.17, 15) is 8.42 Å². The van der Waals surface area contributed by atoms with E-state index >= 15 is 0 Å². The van der Waals surface area contributed by atoms with E-state index in [-0.39, 0.29) is 22.9 Å². The summed E-state index contributed by atoms with van der Waals surface area (Å²) in [6.07, 6.45) is 0. The van der Waals surface area contributed by atoms with Crippen molar-refractivity contribution < 1.29 is 18.6 Å². The lowest BCUT2D eigenvalue weighted by Gasteiger charge is -2.06. The lowest BCUT2D eigenvalue weighted by Crippen LogP contribution is -2.14. The number of anilines is 1. The van der Waals surface area contributed by atoms with Crippen molar-refractivity contribution in [1.82, 2.24) is 0 Å². The Morgan fingerprint density at radius 2 is 1.71 bits per heavy atom. The Morgan fingerprint density at radius 1 is 1.21 bits per heavy atom. The van der Waals surface area contributed by atoms with Crippen LogP contribution in [0.2, 0.25) is 0 Å². The van der Waals surface area contributed by atoms with Gasteiger partial charge in [0.15, 0.2) is 0 Å². The fourth-order valence-electron chi connectivity index (χ4n) is 0.906. The van der Waals surface area contributed by atoms with Gasteiger partial charge >= 0.3 is 0 Å². The van der Waals surface area contributed by atoms with Crippen LogP contribution in [0.5, 0.6) is 11.5 Å². The third kappa shape index (κ3) is 2.81. The van der Waals surface area contributed by atoms with Gasteiger partial charge in [-0.3, -0.25) is 4.72 Å². The molecule has 1 aromatic carbocycles. The highest BCUT2D eigenvalue weighted by molar-refractivity contribution is 7.92. The minimum Gasteiger partial charge on any atom is -0.508 e. The number of hydrogen-bond donors (Lipinski definition) is 3. The van der Waals surface area contributed by atoms with Gasteiger partial charge in [-0.1, -0.05) is 0 Å². The van der Waals surface area contributed by atoms with Crippen LogP contribution in [0.3, 0.4) is 0 Å². The zero-order chi connectivity index (χ0) is 10.8. The molecular weight excluding hydrogens is 206 g/mol. The molecule has 0 amide bonds. The molecule has 0 unspecified atom stereocenters. The van der Waals surface area contributed by atoms with E-state index < -0.39 is 10.0 Å². The van der Waals surface area contributed by atoms with Crippen molar-refractivity contribution in [2.75, 3.05) is 10.5 Å². The average molecular weight is 217 g/mol. The minimum atomic E-state index is -3.38. The van der Waals surface area contributed by atoms with Crippen molar-refractivity contribution in [3.05, 3.63) is 18.2 Å². The maximum Gasteiger partial charge on any atom is 0.232 e. The summed E-state index contributed by atoms with van der Waals surface area (Å²) in [5.41, 5.74) is 0.143. The van der Waals surface area contributed by atoms with Crippen LogP contribution < -0.4 is 4.72 Å². The van der Waals surface area contributed by atoms with Crippen molar-refractivity contribution >= 4 is 15.7 Å². The summed E-state index contributed by atoms with van der Waals surface area (Å²) >= 11 is 0. The van der Waals surface area contributed by atoms with Gasteiger partial charge in [-0.2, -0.15) is 0 Å². The predicted molar refractivity (Wildman–Crippen MR) is 52.9 cm³/mol. The van der Waals surface area contributed by atoms with E-state index in [1.165, 1.54) is 19.1 Å². The van der Waals surface area contributed by atoms with Gasteiger partial charge in [-0.15, -0.1) is 0 Å². The van der Waals surface area contributed by atoms with Gasteiger partial charge in [0, 0.05) is 18.2 Å². The molecule has 0 aliphatic rings. The summed E-state index contributed by atoms with van der Waals surface area (Å²) in [7, 11) is -3.38. The second kappa shape index (κ2) is 3.75. The zero-order valence-electron chi connectivity index (χ0n) is 7.56. The van der Waals surface area contributed by atoms with Crippen molar-refractivity contribution in [2.24, 2.45) is 0 Å². The van der Waals surface area contributed by atoms with E-state index in [2.05, 4.69) is 4.72 Å². The fraction of sp³-hybridized carbons (Fsp3) is 0.250. The Hall–Kier alpha value is -1.43. The van der Waals surface area contributed by atoms with Gasteiger partial charge in [0.25, 0.3) is 0 Å². The molecule has 6 heteroatoms. The lowest BCUT2D eigenvalue weighted by molar-refractivity contribution is 0.451. The second-order valence-electron chi connectivity index (χ2n) is 2.74. The van der Waals surface area contributed by atoms with Gasteiger partial charge in [-0.25, -0.2) is 8.42 Å². The molecule has 0 heterocycles. The SMILES string of the molecule is CCS(=O)(=O)Nc1cc(O)cc(O)c1. The number of aromatic hydroxyl groups is 2. The number of nitrogens with one attached hydrogen (secondary N) is 1.